The van der Waals surface area contributed by atoms with Crippen molar-refractivity contribution in [2.45, 2.75) is 25.8 Å². The molecular formula is C18H20N6O. The van der Waals surface area contributed by atoms with Crippen molar-refractivity contribution in [3.63, 3.8) is 0 Å². The summed E-state index contributed by atoms with van der Waals surface area (Å²) in [4.78, 5) is 27.4. The van der Waals surface area contributed by atoms with Crippen LogP contribution < -0.4 is 10.2 Å². The van der Waals surface area contributed by atoms with Crippen molar-refractivity contribution in [1.82, 2.24) is 24.7 Å². The number of rotatable bonds is 4. The highest BCUT2D eigenvalue weighted by Gasteiger charge is 2.13. The van der Waals surface area contributed by atoms with Crippen LogP contribution in [0.25, 0.3) is 5.78 Å². The summed E-state index contributed by atoms with van der Waals surface area (Å²) in [6.07, 6.45) is 10.7. The lowest BCUT2D eigenvalue weighted by Crippen LogP contribution is -2.30. The predicted molar refractivity (Wildman–Crippen MR) is 94.5 cm³/mol. The van der Waals surface area contributed by atoms with Gasteiger partial charge in [0, 0.05) is 44.4 Å². The molecule has 0 saturated carbocycles. The van der Waals surface area contributed by atoms with Gasteiger partial charge in [-0.2, -0.15) is 0 Å². The molecule has 4 heterocycles. The van der Waals surface area contributed by atoms with E-state index in [1.165, 1.54) is 19.3 Å². The number of hydrogen-bond donors (Lipinski definition) is 1. The second-order valence-corrected chi connectivity index (χ2v) is 6.21. The molecular weight excluding hydrogens is 316 g/mol. The Labute approximate surface area is 145 Å². The highest BCUT2D eigenvalue weighted by atomic mass is 16.1. The van der Waals surface area contributed by atoms with Gasteiger partial charge in [-0.1, -0.05) is 6.07 Å². The second kappa shape index (κ2) is 6.88. The molecule has 3 aromatic heterocycles. The number of nitrogens with one attached hydrogen (secondary N) is 1. The van der Waals surface area contributed by atoms with Crippen LogP contribution in [0.2, 0.25) is 0 Å². The molecule has 1 amide bonds. The molecule has 1 aliphatic rings. The fourth-order valence-electron chi connectivity index (χ4n) is 3.04. The normalized spacial score (nSPS) is 14.6. The van der Waals surface area contributed by atoms with E-state index in [0.717, 1.165) is 24.5 Å². The number of hydrogen-bond acceptors (Lipinski definition) is 5. The number of carbonyl (C=O) groups excluding carboxylic acids is 1. The Morgan fingerprint density at radius 3 is 2.80 bits per heavy atom. The number of aromatic nitrogens is 4. The zero-order valence-corrected chi connectivity index (χ0v) is 13.9. The van der Waals surface area contributed by atoms with E-state index in [-0.39, 0.29) is 5.91 Å². The molecule has 1 aliphatic heterocycles. The summed E-state index contributed by atoms with van der Waals surface area (Å²) in [5, 5.41) is 2.88. The van der Waals surface area contributed by atoms with E-state index in [9.17, 15) is 4.79 Å². The Balaban J connectivity index is 1.38. The van der Waals surface area contributed by atoms with Gasteiger partial charge in [-0.3, -0.25) is 9.20 Å². The van der Waals surface area contributed by atoms with Crippen molar-refractivity contribution in [2.75, 3.05) is 18.0 Å². The van der Waals surface area contributed by atoms with E-state index < -0.39 is 0 Å². The van der Waals surface area contributed by atoms with Gasteiger partial charge in [-0.25, -0.2) is 15.0 Å². The highest BCUT2D eigenvalue weighted by molar-refractivity contribution is 5.92. The Hall–Kier alpha value is -2.96. The third-order valence-corrected chi connectivity index (χ3v) is 4.41. The van der Waals surface area contributed by atoms with Gasteiger partial charge in [0.05, 0.1) is 0 Å². The van der Waals surface area contributed by atoms with E-state index in [1.807, 2.05) is 24.5 Å². The average Bonchev–Trinajstić information content (AvgIpc) is 3.11. The quantitative estimate of drug-likeness (QED) is 0.789. The third-order valence-electron chi connectivity index (χ3n) is 4.41. The van der Waals surface area contributed by atoms with Crippen LogP contribution in [0.15, 0.2) is 43.0 Å². The van der Waals surface area contributed by atoms with Gasteiger partial charge in [0.15, 0.2) is 0 Å². The molecule has 1 fully saturated rings. The van der Waals surface area contributed by atoms with Gasteiger partial charge in [0.2, 0.25) is 5.78 Å². The van der Waals surface area contributed by atoms with E-state index >= 15 is 0 Å². The van der Waals surface area contributed by atoms with Gasteiger partial charge >= 0.3 is 0 Å². The number of fused-ring (bicyclic) bond motifs is 1. The summed E-state index contributed by atoms with van der Waals surface area (Å²) in [5.41, 5.74) is 1.33. The van der Waals surface area contributed by atoms with Crippen LogP contribution in [-0.2, 0) is 6.54 Å². The molecule has 0 spiro atoms. The molecule has 0 aromatic carbocycles. The minimum Gasteiger partial charge on any atom is -0.357 e. The third kappa shape index (κ3) is 3.45. The van der Waals surface area contributed by atoms with Crippen LogP contribution in [0.4, 0.5) is 5.82 Å². The van der Waals surface area contributed by atoms with Crippen LogP contribution in [0, 0.1) is 0 Å². The standard InChI is InChI=1S/C18H20N6O/c25-17(15-13-24-10-4-7-19-18(24)22-15)21-12-14-5-6-16(20-11-14)23-8-2-1-3-9-23/h4-7,10-11,13H,1-3,8-9,12H2,(H,21,25). The largest absolute Gasteiger partial charge is 0.357 e. The predicted octanol–water partition coefficient (Wildman–Crippen LogP) is 2.04. The number of nitrogens with zero attached hydrogens (tertiary/aromatic N) is 5. The summed E-state index contributed by atoms with van der Waals surface area (Å²) in [7, 11) is 0. The number of anilines is 1. The molecule has 4 rings (SSSR count). The monoisotopic (exact) mass is 336 g/mol. The molecule has 0 bridgehead atoms. The van der Waals surface area contributed by atoms with Gasteiger partial charge in [-0.15, -0.1) is 0 Å². The molecule has 1 N–H and O–H groups in total. The fraction of sp³-hybridized carbons (Fsp3) is 0.333. The van der Waals surface area contributed by atoms with Crippen LogP contribution >= 0.6 is 0 Å². The van der Waals surface area contributed by atoms with Crippen molar-refractivity contribution in [1.29, 1.82) is 0 Å². The molecule has 25 heavy (non-hydrogen) atoms. The lowest BCUT2D eigenvalue weighted by Gasteiger charge is -2.27. The maximum absolute atomic E-state index is 12.3. The van der Waals surface area contributed by atoms with Crippen molar-refractivity contribution < 1.29 is 4.79 Å². The maximum Gasteiger partial charge on any atom is 0.271 e. The van der Waals surface area contributed by atoms with Gasteiger partial charge in [0.25, 0.3) is 5.91 Å². The average molecular weight is 336 g/mol. The first-order chi connectivity index (χ1) is 12.3. The minimum atomic E-state index is -0.217. The topological polar surface area (TPSA) is 75.4 Å². The van der Waals surface area contributed by atoms with E-state index in [1.54, 1.807) is 22.9 Å². The molecule has 0 unspecified atom stereocenters. The number of pyridine rings is 1. The van der Waals surface area contributed by atoms with Crippen molar-refractivity contribution in [3.8, 4) is 0 Å². The highest BCUT2D eigenvalue weighted by Crippen LogP contribution is 2.17. The summed E-state index contributed by atoms with van der Waals surface area (Å²) in [5.74, 6) is 1.31. The minimum absolute atomic E-state index is 0.217. The zero-order valence-electron chi connectivity index (χ0n) is 13.9. The van der Waals surface area contributed by atoms with Crippen LogP contribution in [0.3, 0.4) is 0 Å². The molecule has 7 nitrogen and oxygen atoms in total. The number of imidazole rings is 1. The number of piperidine rings is 1. The van der Waals surface area contributed by atoms with Crippen LogP contribution in [-0.4, -0.2) is 38.3 Å². The maximum atomic E-state index is 12.3. The van der Waals surface area contributed by atoms with Crippen LogP contribution in [0.5, 0.6) is 0 Å². The molecule has 0 aliphatic carbocycles. The van der Waals surface area contributed by atoms with Gasteiger partial charge in [-0.05, 0) is 37.0 Å². The summed E-state index contributed by atoms with van der Waals surface area (Å²) >= 11 is 0. The smallest absolute Gasteiger partial charge is 0.271 e. The van der Waals surface area contributed by atoms with E-state index in [0.29, 0.717) is 18.0 Å². The van der Waals surface area contributed by atoms with Crippen molar-refractivity contribution in [2.24, 2.45) is 0 Å². The lowest BCUT2D eigenvalue weighted by atomic mass is 10.1. The second-order valence-electron chi connectivity index (χ2n) is 6.21. The van der Waals surface area contributed by atoms with E-state index in [2.05, 4.69) is 25.2 Å². The Bertz CT molecular complexity index is 834. The summed E-state index contributed by atoms with van der Waals surface area (Å²) in [6, 6.07) is 5.84. The van der Waals surface area contributed by atoms with Gasteiger partial charge < -0.3 is 10.2 Å². The molecule has 1 saturated heterocycles. The first-order valence-electron chi connectivity index (χ1n) is 8.57. The Kier molecular flexibility index (Phi) is 4.28. The first-order valence-corrected chi connectivity index (χ1v) is 8.57. The first kappa shape index (κ1) is 15.6. The summed E-state index contributed by atoms with van der Waals surface area (Å²) in [6.45, 7) is 2.57. The van der Waals surface area contributed by atoms with E-state index in [4.69, 9.17) is 0 Å². The fourth-order valence-corrected chi connectivity index (χ4v) is 3.04. The molecule has 128 valence electrons. The molecule has 0 atom stereocenters. The van der Waals surface area contributed by atoms with Crippen LogP contribution in [0.1, 0.15) is 35.3 Å². The van der Waals surface area contributed by atoms with Crippen molar-refractivity contribution >= 4 is 17.5 Å². The van der Waals surface area contributed by atoms with Crippen molar-refractivity contribution in [3.05, 3.63) is 54.2 Å². The molecule has 0 radical (unpaired) electrons. The summed E-state index contributed by atoms with van der Waals surface area (Å²) < 4.78 is 1.73. The zero-order chi connectivity index (χ0) is 17.1. The Morgan fingerprint density at radius 2 is 2.04 bits per heavy atom. The SMILES string of the molecule is O=C(NCc1ccc(N2CCCCC2)nc1)c1cn2cccnc2n1. The molecule has 3 aromatic rings. The molecule has 7 heteroatoms. The Morgan fingerprint density at radius 1 is 1.16 bits per heavy atom. The van der Waals surface area contributed by atoms with Gasteiger partial charge in [0.1, 0.15) is 11.5 Å². The lowest BCUT2D eigenvalue weighted by molar-refractivity contribution is 0.0946. The number of carbonyl (C=O) groups is 1. The number of amides is 1.